The molecule has 2 aromatic rings. The summed E-state index contributed by atoms with van der Waals surface area (Å²) < 4.78 is 6.54. The second-order valence-corrected chi connectivity index (χ2v) is 6.45. The number of ether oxygens (including phenoxy) is 1. The lowest BCUT2D eigenvalue weighted by Gasteiger charge is -2.14. The first kappa shape index (κ1) is 14.6. The smallest absolute Gasteiger partial charge is 0.122 e. The Labute approximate surface area is 131 Å². The Morgan fingerprint density at radius 1 is 1.16 bits per heavy atom. The third kappa shape index (κ3) is 3.61. The standard InChI is InChI=1S/C16H16Br2O/c1-11-7-8-12(9-14(11)17)15(18)10-13-5-3-4-6-16(13)19-2/h3-9,15H,10H2,1-2H3. The van der Waals surface area contributed by atoms with Crippen LogP contribution < -0.4 is 4.74 Å². The van der Waals surface area contributed by atoms with Crippen LogP contribution in [0.4, 0.5) is 0 Å². The van der Waals surface area contributed by atoms with Gasteiger partial charge in [0.1, 0.15) is 5.75 Å². The van der Waals surface area contributed by atoms with E-state index in [-0.39, 0.29) is 4.83 Å². The minimum atomic E-state index is 0.278. The SMILES string of the molecule is COc1ccccc1CC(Br)c1ccc(C)c(Br)c1. The fourth-order valence-corrected chi connectivity index (χ4v) is 3.02. The Kier molecular flexibility index (Phi) is 5.06. The van der Waals surface area contributed by atoms with Gasteiger partial charge in [0.15, 0.2) is 0 Å². The molecular weight excluding hydrogens is 368 g/mol. The van der Waals surface area contributed by atoms with Crippen LogP contribution in [0.1, 0.15) is 21.5 Å². The molecule has 0 spiro atoms. The molecule has 0 aliphatic carbocycles. The highest BCUT2D eigenvalue weighted by Crippen LogP contribution is 2.32. The molecule has 2 aromatic carbocycles. The average Bonchev–Trinajstić information content (AvgIpc) is 2.42. The maximum absolute atomic E-state index is 5.39. The zero-order chi connectivity index (χ0) is 13.8. The molecule has 0 aromatic heterocycles. The van der Waals surface area contributed by atoms with E-state index in [0.717, 1.165) is 16.6 Å². The third-order valence-electron chi connectivity index (χ3n) is 3.15. The van der Waals surface area contributed by atoms with Crippen LogP contribution in [0.2, 0.25) is 0 Å². The molecule has 100 valence electrons. The lowest BCUT2D eigenvalue weighted by molar-refractivity contribution is 0.409. The van der Waals surface area contributed by atoms with Crippen molar-refractivity contribution in [3.8, 4) is 5.75 Å². The van der Waals surface area contributed by atoms with Gasteiger partial charge in [0, 0.05) is 9.30 Å². The fourth-order valence-electron chi connectivity index (χ4n) is 1.99. The van der Waals surface area contributed by atoms with Gasteiger partial charge in [-0.25, -0.2) is 0 Å². The third-order valence-corrected chi connectivity index (χ3v) is 4.86. The molecule has 1 atom stereocenters. The number of aryl methyl sites for hydroxylation is 1. The fraction of sp³-hybridized carbons (Fsp3) is 0.250. The van der Waals surface area contributed by atoms with E-state index in [4.69, 9.17) is 4.74 Å². The Balaban J connectivity index is 2.20. The number of halogens is 2. The summed E-state index contributed by atoms with van der Waals surface area (Å²) in [6.45, 7) is 2.09. The van der Waals surface area contributed by atoms with E-state index in [2.05, 4.69) is 63.0 Å². The monoisotopic (exact) mass is 382 g/mol. The van der Waals surface area contributed by atoms with Gasteiger partial charge in [-0.05, 0) is 42.2 Å². The van der Waals surface area contributed by atoms with Crippen molar-refractivity contribution in [1.29, 1.82) is 0 Å². The Bertz CT molecular complexity index is 566. The second kappa shape index (κ2) is 6.58. The minimum absolute atomic E-state index is 0.278. The average molecular weight is 384 g/mol. The molecule has 1 nitrogen and oxygen atoms in total. The number of hydrogen-bond donors (Lipinski definition) is 0. The van der Waals surface area contributed by atoms with Gasteiger partial charge in [0.05, 0.1) is 7.11 Å². The van der Waals surface area contributed by atoms with E-state index in [1.54, 1.807) is 7.11 Å². The lowest BCUT2D eigenvalue weighted by Crippen LogP contribution is -1.98. The highest BCUT2D eigenvalue weighted by molar-refractivity contribution is 9.10. The van der Waals surface area contributed by atoms with Gasteiger partial charge in [0.2, 0.25) is 0 Å². The van der Waals surface area contributed by atoms with Crippen LogP contribution in [0.5, 0.6) is 5.75 Å². The molecule has 0 saturated carbocycles. The summed E-state index contributed by atoms with van der Waals surface area (Å²) in [6, 6.07) is 14.6. The molecule has 0 saturated heterocycles. The van der Waals surface area contributed by atoms with E-state index < -0.39 is 0 Å². The topological polar surface area (TPSA) is 9.23 Å². The number of methoxy groups -OCH3 is 1. The Morgan fingerprint density at radius 3 is 2.58 bits per heavy atom. The van der Waals surface area contributed by atoms with Crippen LogP contribution in [0.25, 0.3) is 0 Å². The second-order valence-electron chi connectivity index (χ2n) is 4.49. The van der Waals surface area contributed by atoms with Crippen molar-refractivity contribution >= 4 is 31.9 Å². The maximum Gasteiger partial charge on any atom is 0.122 e. The predicted octanol–water partition coefficient (Wildman–Crippen LogP) is 5.44. The van der Waals surface area contributed by atoms with Gasteiger partial charge in [-0.15, -0.1) is 0 Å². The van der Waals surface area contributed by atoms with E-state index in [1.165, 1.54) is 16.7 Å². The number of para-hydroxylation sites is 1. The predicted molar refractivity (Wildman–Crippen MR) is 87.2 cm³/mol. The molecule has 2 rings (SSSR count). The first-order valence-corrected chi connectivity index (χ1v) is 7.84. The van der Waals surface area contributed by atoms with Gasteiger partial charge < -0.3 is 4.74 Å². The zero-order valence-corrected chi connectivity index (χ0v) is 14.2. The normalized spacial score (nSPS) is 12.2. The van der Waals surface area contributed by atoms with Crippen LogP contribution in [-0.4, -0.2) is 7.11 Å². The first-order valence-electron chi connectivity index (χ1n) is 6.14. The van der Waals surface area contributed by atoms with Gasteiger partial charge in [-0.3, -0.25) is 0 Å². The van der Waals surface area contributed by atoms with Crippen molar-refractivity contribution in [1.82, 2.24) is 0 Å². The molecule has 0 aliphatic heterocycles. The number of hydrogen-bond acceptors (Lipinski definition) is 1. The van der Waals surface area contributed by atoms with Crippen molar-refractivity contribution in [2.24, 2.45) is 0 Å². The summed E-state index contributed by atoms with van der Waals surface area (Å²) in [4.78, 5) is 0.278. The molecule has 0 N–H and O–H groups in total. The van der Waals surface area contributed by atoms with Crippen molar-refractivity contribution in [3.63, 3.8) is 0 Å². The molecule has 0 radical (unpaired) electrons. The van der Waals surface area contributed by atoms with E-state index in [9.17, 15) is 0 Å². The van der Waals surface area contributed by atoms with E-state index in [1.807, 2.05) is 18.2 Å². The van der Waals surface area contributed by atoms with Crippen molar-refractivity contribution in [3.05, 3.63) is 63.6 Å². The highest BCUT2D eigenvalue weighted by atomic mass is 79.9. The first-order chi connectivity index (χ1) is 9.11. The minimum Gasteiger partial charge on any atom is -0.496 e. The van der Waals surface area contributed by atoms with E-state index >= 15 is 0 Å². The number of rotatable bonds is 4. The summed E-state index contributed by atoms with van der Waals surface area (Å²) in [7, 11) is 1.71. The molecule has 3 heteroatoms. The van der Waals surface area contributed by atoms with Gasteiger partial charge in [-0.2, -0.15) is 0 Å². The highest BCUT2D eigenvalue weighted by Gasteiger charge is 2.12. The van der Waals surface area contributed by atoms with Crippen molar-refractivity contribution < 1.29 is 4.74 Å². The Morgan fingerprint density at radius 2 is 1.89 bits per heavy atom. The summed E-state index contributed by atoms with van der Waals surface area (Å²) in [5.74, 6) is 0.943. The van der Waals surface area contributed by atoms with Crippen LogP contribution in [0.15, 0.2) is 46.9 Å². The van der Waals surface area contributed by atoms with Gasteiger partial charge >= 0.3 is 0 Å². The van der Waals surface area contributed by atoms with Gasteiger partial charge in [0.25, 0.3) is 0 Å². The molecule has 0 heterocycles. The van der Waals surface area contributed by atoms with Crippen LogP contribution >= 0.6 is 31.9 Å². The van der Waals surface area contributed by atoms with Crippen LogP contribution in [0.3, 0.4) is 0 Å². The summed E-state index contributed by atoms with van der Waals surface area (Å²) >= 11 is 7.35. The number of benzene rings is 2. The molecule has 0 amide bonds. The van der Waals surface area contributed by atoms with Crippen LogP contribution in [-0.2, 0) is 6.42 Å². The maximum atomic E-state index is 5.39. The lowest BCUT2D eigenvalue weighted by atomic mass is 10.0. The summed E-state index contributed by atoms with van der Waals surface area (Å²) in [5.41, 5.74) is 3.73. The van der Waals surface area contributed by atoms with Crippen molar-refractivity contribution in [2.75, 3.05) is 7.11 Å². The summed E-state index contributed by atoms with van der Waals surface area (Å²) in [6.07, 6.45) is 0.902. The Hall–Kier alpha value is -0.800. The molecular formula is C16H16Br2O. The van der Waals surface area contributed by atoms with Crippen LogP contribution in [0, 0.1) is 6.92 Å². The molecule has 19 heavy (non-hydrogen) atoms. The van der Waals surface area contributed by atoms with Crippen molar-refractivity contribution in [2.45, 2.75) is 18.2 Å². The quantitative estimate of drug-likeness (QED) is 0.638. The molecule has 0 bridgehead atoms. The van der Waals surface area contributed by atoms with E-state index in [0.29, 0.717) is 0 Å². The summed E-state index contributed by atoms with van der Waals surface area (Å²) in [5, 5.41) is 0. The molecule has 0 aliphatic rings. The van der Waals surface area contributed by atoms with Gasteiger partial charge in [-0.1, -0.05) is 62.2 Å². The molecule has 1 unspecified atom stereocenters. The zero-order valence-electron chi connectivity index (χ0n) is 11.0. The largest absolute Gasteiger partial charge is 0.496 e. The number of alkyl halides is 1. The molecule has 0 fully saturated rings.